The first-order valence-electron chi connectivity index (χ1n) is 13.4. The van der Waals surface area contributed by atoms with E-state index in [2.05, 4.69) is 25.6 Å². The molecular weight excluding hydrogens is 527 g/mol. The van der Waals surface area contributed by atoms with Gasteiger partial charge in [0.1, 0.15) is 29.9 Å². The van der Waals surface area contributed by atoms with Gasteiger partial charge in [0.25, 0.3) is 5.91 Å². The summed E-state index contributed by atoms with van der Waals surface area (Å²) in [6.07, 6.45) is 0.666. The third-order valence-electron chi connectivity index (χ3n) is 7.73. The molecule has 0 saturated heterocycles. The summed E-state index contributed by atoms with van der Waals surface area (Å²) in [5.74, 6) is -0.00386. The van der Waals surface area contributed by atoms with Crippen LogP contribution in [0.2, 0.25) is 0 Å². The Morgan fingerprint density at radius 3 is 2.60 bits per heavy atom. The lowest BCUT2D eigenvalue weighted by molar-refractivity contribution is -0.137. The quantitative estimate of drug-likeness (QED) is 0.328. The molecule has 2 heterocycles. The number of hydrogen-bond acceptors (Lipinski definition) is 6. The first-order chi connectivity index (χ1) is 19.0. The molecule has 9 nitrogen and oxygen atoms in total. The maximum atomic E-state index is 13.6. The number of halogens is 3. The number of nitrogens with one attached hydrogen (secondary N) is 3. The zero-order valence-electron chi connectivity index (χ0n) is 22.3. The molecule has 0 unspecified atom stereocenters. The van der Waals surface area contributed by atoms with Crippen molar-refractivity contribution in [2.24, 2.45) is 11.8 Å². The van der Waals surface area contributed by atoms with Crippen molar-refractivity contribution >= 4 is 22.8 Å². The van der Waals surface area contributed by atoms with E-state index < -0.39 is 24.3 Å². The van der Waals surface area contributed by atoms with E-state index in [1.807, 2.05) is 6.92 Å². The molecule has 0 bridgehead atoms. The minimum Gasteiger partial charge on any atom is -0.493 e. The van der Waals surface area contributed by atoms with E-state index in [0.717, 1.165) is 25.0 Å². The highest BCUT2D eigenvalue weighted by Crippen LogP contribution is 2.40. The molecule has 2 aliphatic rings. The van der Waals surface area contributed by atoms with Crippen LogP contribution in [0.25, 0.3) is 22.3 Å². The predicted octanol–water partition coefficient (Wildman–Crippen LogP) is 4.14. The molecule has 2 aliphatic carbocycles. The summed E-state index contributed by atoms with van der Waals surface area (Å²) in [6.45, 7) is 3.53. The highest BCUT2D eigenvalue weighted by Gasteiger charge is 2.33. The van der Waals surface area contributed by atoms with Crippen molar-refractivity contribution in [3.63, 3.8) is 0 Å². The van der Waals surface area contributed by atoms with Crippen LogP contribution in [0.15, 0.2) is 24.5 Å². The van der Waals surface area contributed by atoms with E-state index in [0.29, 0.717) is 54.1 Å². The first kappa shape index (κ1) is 27.9. The van der Waals surface area contributed by atoms with Crippen LogP contribution < -0.4 is 15.4 Å². The van der Waals surface area contributed by atoms with Gasteiger partial charge in [-0.3, -0.25) is 9.59 Å². The van der Waals surface area contributed by atoms with Crippen LogP contribution in [0, 0.1) is 18.8 Å². The highest BCUT2D eigenvalue weighted by molar-refractivity contribution is 6.09. The standard InChI is InChI=1S/C28H32F3N5O4/c1-14-9-18(6-7-20(14)36-22(38)11-37)35-27(39)23-15(2)34-26-24(32-13-33-25(23)26)19-10-17(28(29,30)31)5-8-21(19)40-12-16-3-4-16/h5,8,10,13-14,16,18,20,34,37H,3-4,6-7,9,11-12H2,1-2H3,(H,35,39)(H,36,38)/t14-,18-,20-/m1/s1. The van der Waals surface area contributed by atoms with Crippen LogP contribution in [0.4, 0.5) is 13.2 Å². The monoisotopic (exact) mass is 559 g/mol. The van der Waals surface area contributed by atoms with Gasteiger partial charge >= 0.3 is 6.18 Å². The number of aryl methyl sites for hydroxylation is 1. The summed E-state index contributed by atoms with van der Waals surface area (Å²) in [5.41, 5.74) is 1.04. The Kier molecular flexibility index (Phi) is 7.72. The Labute approximate surface area is 228 Å². The zero-order chi connectivity index (χ0) is 28.6. The molecule has 2 aromatic heterocycles. The number of H-pyrrole nitrogens is 1. The van der Waals surface area contributed by atoms with Crippen molar-refractivity contribution in [1.29, 1.82) is 0 Å². The number of aliphatic hydroxyl groups is 1. The smallest absolute Gasteiger partial charge is 0.416 e. The van der Waals surface area contributed by atoms with E-state index >= 15 is 0 Å². The van der Waals surface area contributed by atoms with Gasteiger partial charge in [0.15, 0.2) is 0 Å². The number of benzene rings is 1. The van der Waals surface area contributed by atoms with E-state index in [4.69, 9.17) is 9.84 Å². The summed E-state index contributed by atoms with van der Waals surface area (Å²) in [5, 5.41) is 14.9. The Morgan fingerprint density at radius 2 is 1.93 bits per heavy atom. The molecule has 2 amide bonds. The van der Waals surface area contributed by atoms with Gasteiger partial charge in [0.05, 0.1) is 23.3 Å². The number of ether oxygens (including phenoxy) is 1. The second-order valence-electron chi connectivity index (χ2n) is 10.8. The highest BCUT2D eigenvalue weighted by atomic mass is 19.4. The average molecular weight is 560 g/mol. The number of nitrogens with zero attached hydrogens (tertiary/aromatic N) is 2. The lowest BCUT2D eigenvalue weighted by Crippen LogP contribution is -2.48. The van der Waals surface area contributed by atoms with Crippen LogP contribution in [0.1, 0.15) is 60.6 Å². The van der Waals surface area contributed by atoms with Gasteiger partial charge in [0, 0.05) is 23.3 Å². The number of alkyl halides is 3. The minimum absolute atomic E-state index is 0.0817. The Bertz CT molecular complexity index is 1420. The van der Waals surface area contributed by atoms with Crippen molar-refractivity contribution in [3.8, 4) is 17.0 Å². The molecule has 0 aliphatic heterocycles. The number of amides is 2. The predicted molar refractivity (Wildman–Crippen MR) is 141 cm³/mol. The Balaban J connectivity index is 1.43. The molecule has 5 rings (SSSR count). The fourth-order valence-corrected chi connectivity index (χ4v) is 5.36. The molecule has 214 valence electrons. The largest absolute Gasteiger partial charge is 0.493 e. The number of aliphatic hydroxyl groups excluding tert-OH is 1. The number of carbonyl (C=O) groups excluding carboxylic acids is 2. The third-order valence-corrected chi connectivity index (χ3v) is 7.73. The van der Waals surface area contributed by atoms with Crippen molar-refractivity contribution in [2.45, 2.75) is 64.2 Å². The summed E-state index contributed by atoms with van der Waals surface area (Å²) in [6, 6.07) is 3.12. The Hall–Kier alpha value is -3.67. The molecule has 12 heteroatoms. The van der Waals surface area contributed by atoms with Gasteiger partial charge < -0.3 is 25.5 Å². The van der Waals surface area contributed by atoms with Crippen LogP contribution >= 0.6 is 0 Å². The average Bonchev–Trinajstić information content (AvgIpc) is 3.67. The van der Waals surface area contributed by atoms with Gasteiger partial charge in [0.2, 0.25) is 5.91 Å². The van der Waals surface area contributed by atoms with Gasteiger partial charge in [-0.25, -0.2) is 9.97 Å². The maximum Gasteiger partial charge on any atom is 0.416 e. The molecule has 2 fully saturated rings. The van der Waals surface area contributed by atoms with Crippen LogP contribution in [0.3, 0.4) is 0 Å². The van der Waals surface area contributed by atoms with Crippen molar-refractivity contribution < 1.29 is 32.6 Å². The van der Waals surface area contributed by atoms with E-state index in [1.165, 1.54) is 12.4 Å². The first-order valence-corrected chi connectivity index (χ1v) is 13.4. The van der Waals surface area contributed by atoms with Gasteiger partial charge in [-0.05, 0) is 69.1 Å². The molecule has 2 saturated carbocycles. The topological polar surface area (TPSA) is 129 Å². The molecule has 3 aromatic rings. The van der Waals surface area contributed by atoms with Gasteiger partial charge in [-0.15, -0.1) is 0 Å². The number of aromatic nitrogens is 3. The number of aromatic amines is 1. The normalized spacial score (nSPS) is 21.3. The molecule has 0 spiro atoms. The number of fused-ring (bicyclic) bond motifs is 1. The van der Waals surface area contributed by atoms with Gasteiger partial charge in [-0.2, -0.15) is 13.2 Å². The molecule has 40 heavy (non-hydrogen) atoms. The van der Waals surface area contributed by atoms with Crippen LogP contribution in [-0.4, -0.2) is 57.2 Å². The van der Waals surface area contributed by atoms with E-state index in [1.54, 1.807) is 6.92 Å². The molecule has 1 aromatic carbocycles. The van der Waals surface area contributed by atoms with Crippen LogP contribution in [-0.2, 0) is 11.0 Å². The maximum absolute atomic E-state index is 13.6. The number of rotatable bonds is 8. The molecule has 0 radical (unpaired) electrons. The Morgan fingerprint density at radius 1 is 1.15 bits per heavy atom. The van der Waals surface area contributed by atoms with Crippen molar-refractivity contribution in [2.75, 3.05) is 13.2 Å². The zero-order valence-corrected chi connectivity index (χ0v) is 22.3. The van der Waals surface area contributed by atoms with E-state index in [-0.39, 0.29) is 40.9 Å². The van der Waals surface area contributed by atoms with Gasteiger partial charge in [-0.1, -0.05) is 6.92 Å². The molecule has 4 N–H and O–H groups in total. The van der Waals surface area contributed by atoms with Crippen molar-refractivity contribution in [3.05, 3.63) is 41.3 Å². The fourth-order valence-electron chi connectivity index (χ4n) is 5.36. The summed E-state index contributed by atoms with van der Waals surface area (Å²) in [7, 11) is 0. The second kappa shape index (κ2) is 11.1. The summed E-state index contributed by atoms with van der Waals surface area (Å²) in [4.78, 5) is 36.8. The second-order valence-corrected chi connectivity index (χ2v) is 10.8. The molecular formula is C28H32F3N5O4. The number of hydrogen-bond donors (Lipinski definition) is 4. The molecule has 3 atom stereocenters. The van der Waals surface area contributed by atoms with E-state index in [9.17, 15) is 22.8 Å². The van der Waals surface area contributed by atoms with Crippen molar-refractivity contribution in [1.82, 2.24) is 25.6 Å². The SMILES string of the molecule is Cc1[nH]c2c(-c3cc(C(F)(F)F)ccc3OCC3CC3)ncnc2c1C(=O)N[C@@H]1CC[C@@H](NC(=O)CO)[C@H](C)C1. The fraction of sp³-hybridized carbons (Fsp3) is 0.500. The summed E-state index contributed by atoms with van der Waals surface area (Å²) < 4.78 is 46.8. The third kappa shape index (κ3) is 5.91. The minimum atomic E-state index is -4.55. The van der Waals surface area contributed by atoms with Crippen LogP contribution in [0.5, 0.6) is 5.75 Å². The number of carbonyl (C=O) groups is 2. The lowest BCUT2D eigenvalue weighted by atomic mass is 9.82. The lowest BCUT2D eigenvalue weighted by Gasteiger charge is -2.34. The summed E-state index contributed by atoms with van der Waals surface area (Å²) >= 11 is 0.